The van der Waals surface area contributed by atoms with E-state index in [9.17, 15) is 0 Å². The summed E-state index contributed by atoms with van der Waals surface area (Å²) in [7, 11) is -1.67. The van der Waals surface area contributed by atoms with E-state index < -0.39 is 8.07 Å². The van der Waals surface area contributed by atoms with Crippen LogP contribution < -0.4 is 10.4 Å². The van der Waals surface area contributed by atoms with Crippen LogP contribution in [-0.4, -0.2) is 32.2 Å². The number of pyridine rings is 1. The van der Waals surface area contributed by atoms with Crippen molar-refractivity contribution in [3.8, 4) is 22.9 Å². The molecule has 0 bridgehead atoms. The van der Waals surface area contributed by atoms with E-state index in [1.807, 2.05) is 47.3 Å². The monoisotopic (exact) mass is 746 g/mol. The van der Waals surface area contributed by atoms with E-state index in [-0.39, 0.29) is 20.1 Å². The van der Waals surface area contributed by atoms with E-state index in [2.05, 4.69) is 121 Å². The summed E-state index contributed by atoms with van der Waals surface area (Å²) in [5, 5.41) is 2.79. The average Bonchev–Trinajstić information content (AvgIpc) is 3.65. The Morgan fingerprint density at radius 1 is 0.762 bits per heavy atom. The van der Waals surface area contributed by atoms with E-state index in [4.69, 9.17) is 0 Å². The number of fused-ring (bicyclic) bond motifs is 2. The van der Waals surface area contributed by atoms with Gasteiger partial charge >= 0.3 is 0 Å². The molecule has 0 N–H and O–H groups in total. The fraction of sp³-hybridized carbons (Fsp3) is 0.229. The Labute approximate surface area is 263 Å². The molecule has 3 aromatic carbocycles. The van der Waals surface area contributed by atoms with Crippen molar-refractivity contribution in [1.29, 1.82) is 0 Å². The van der Waals surface area contributed by atoms with Crippen LogP contribution in [0.1, 0.15) is 50.7 Å². The second-order valence-electron chi connectivity index (χ2n) is 11.7. The molecule has 0 spiro atoms. The van der Waals surface area contributed by atoms with Gasteiger partial charge < -0.3 is 14.1 Å². The van der Waals surface area contributed by atoms with Crippen LogP contribution in [0, 0.1) is 12.4 Å². The standard InChI is InChI=1S/C21H23N2.C14H12N3Si.Ir/c1-15(2)18-11-8-12-19(16(3)4)20(18)23-14-13-22-21(23)17-9-6-5-7-10-17;1-18(2)11-6-3-5-10-13(11)17(9-16-10)14-12(18)7-4-8-15-14;/h5-9,11-16H,1-4H3;3-8H,1-2H3;/q2*-1;. The zero-order valence-electron chi connectivity index (χ0n) is 24.9. The van der Waals surface area contributed by atoms with Crippen LogP contribution in [0.3, 0.4) is 0 Å². The average molecular weight is 746 g/mol. The van der Waals surface area contributed by atoms with Gasteiger partial charge in [0.2, 0.25) is 0 Å². The largest absolute Gasteiger partial charge is 0.412 e. The van der Waals surface area contributed by atoms with E-state index in [1.54, 1.807) is 0 Å². The predicted molar refractivity (Wildman–Crippen MR) is 170 cm³/mol. The van der Waals surface area contributed by atoms with Gasteiger partial charge in [0.1, 0.15) is 0 Å². The Kier molecular flexibility index (Phi) is 8.47. The molecule has 0 saturated heterocycles. The van der Waals surface area contributed by atoms with E-state index in [1.165, 1.54) is 32.7 Å². The Hall–Kier alpha value is -3.64. The number of hydrogen-bond acceptors (Lipinski definition) is 3. The molecule has 1 radical (unpaired) electrons. The number of hydrogen-bond donors (Lipinski definition) is 0. The minimum atomic E-state index is -1.67. The molecule has 5 nitrogen and oxygen atoms in total. The van der Waals surface area contributed by atoms with Gasteiger partial charge in [-0.2, -0.15) is 0 Å². The van der Waals surface area contributed by atoms with Crippen LogP contribution in [-0.2, 0) is 20.1 Å². The Bertz CT molecular complexity index is 1810. The molecule has 215 valence electrons. The van der Waals surface area contributed by atoms with Crippen molar-refractivity contribution in [1.82, 2.24) is 24.1 Å². The van der Waals surface area contributed by atoms with Crippen LogP contribution in [0.15, 0.2) is 91.4 Å². The molecule has 7 heteroatoms. The first-order valence-corrected chi connectivity index (χ1v) is 17.3. The maximum Gasteiger partial charge on any atom is 0.0973 e. The van der Waals surface area contributed by atoms with Gasteiger partial charge in [-0.15, -0.1) is 35.9 Å². The van der Waals surface area contributed by atoms with E-state index in [0.717, 1.165) is 22.7 Å². The first-order valence-electron chi connectivity index (χ1n) is 14.3. The summed E-state index contributed by atoms with van der Waals surface area (Å²) in [6.45, 7) is 13.7. The number of aromatic nitrogens is 5. The molecule has 42 heavy (non-hydrogen) atoms. The summed E-state index contributed by atoms with van der Waals surface area (Å²) < 4.78 is 4.23. The van der Waals surface area contributed by atoms with Crippen molar-refractivity contribution >= 4 is 29.5 Å². The van der Waals surface area contributed by atoms with Gasteiger partial charge in [0.25, 0.3) is 0 Å². The van der Waals surface area contributed by atoms with E-state index in [0.29, 0.717) is 11.8 Å². The minimum Gasteiger partial charge on any atom is -0.412 e. The van der Waals surface area contributed by atoms with Gasteiger partial charge in [-0.05, 0) is 34.5 Å². The maximum absolute atomic E-state index is 4.60. The molecule has 3 aromatic heterocycles. The first kappa shape index (κ1) is 29.8. The summed E-state index contributed by atoms with van der Waals surface area (Å²) in [6.07, 6.45) is 8.85. The SMILES string of the molecule is CC(C)c1cccc(C(C)C)c1-n1ccnc1-c1[c-]cccc1.C[Si]1(C)c2cccnc2-n2[c-]nc3cccc1c32.[Ir]. The summed E-state index contributed by atoms with van der Waals surface area (Å²) in [5.41, 5.74) is 7.20. The van der Waals surface area contributed by atoms with Crippen molar-refractivity contribution in [2.45, 2.75) is 52.6 Å². The molecule has 1 aliphatic heterocycles. The smallest absolute Gasteiger partial charge is 0.0973 e. The Morgan fingerprint density at radius 2 is 1.48 bits per heavy atom. The van der Waals surface area contributed by atoms with Crippen LogP contribution >= 0.6 is 0 Å². The molecule has 0 atom stereocenters. The Balaban J connectivity index is 0.000000168. The third kappa shape index (κ3) is 5.10. The number of para-hydroxylation sites is 2. The fourth-order valence-electron chi connectivity index (χ4n) is 5.88. The third-order valence-corrected chi connectivity index (χ3v) is 11.5. The predicted octanol–water partition coefficient (Wildman–Crippen LogP) is 6.94. The maximum atomic E-state index is 4.60. The van der Waals surface area contributed by atoms with Crippen LogP contribution in [0.4, 0.5) is 0 Å². The molecule has 7 rings (SSSR count). The number of imidazole rings is 2. The summed E-state index contributed by atoms with van der Waals surface area (Å²) in [6, 6.07) is 28.5. The fourth-order valence-corrected chi connectivity index (χ4v) is 8.76. The van der Waals surface area contributed by atoms with Crippen molar-refractivity contribution in [2.75, 3.05) is 0 Å². The normalized spacial score (nSPS) is 13.0. The summed E-state index contributed by atoms with van der Waals surface area (Å²) in [5.74, 6) is 2.87. The van der Waals surface area contributed by atoms with Crippen LogP contribution in [0.5, 0.6) is 0 Å². The molecule has 0 fully saturated rings. The molecule has 0 unspecified atom stereocenters. The van der Waals surface area contributed by atoms with Gasteiger partial charge in [0.15, 0.2) is 0 Å². The van der Waals surface area contributed by atoms with Gasteiger partial charge in [-0.3, -0.25) is 9.97 Å². The molecular formula is C35H35IrN5Si-2. The zero-order valence-corrected chi connectivity index (χ0v) is 28.3. The second kappa shape index (κ2) is 11.9. The zero-order chi connectivity index (χ0) is 28.7. The van der Waals surface area contributed by atoms with Crippen molar-refractivity contribution in [3.05, 3.63) is 115 Å². The quantitative estimate of drug-likeness (QED) is 0.145. The Morgan fingerprint density at radius 3 is 2.17 bits per heavy atom. The van der Waals surface area contributed by atoms with Crippen LogP contribution in [0.25, 0.3) is 33.9 Å². The van der Waals surface area contributed by atoms with Gasteiger partial charge in [0, 0.05) is 50.7 Å². The van der Waals surface area contributed by atoms with Crippen molar-refractivity contribution < 1.29 is 20.1 Å². The molecule has 0 saturated carbocycles. The van der Waals surface area contributed by atoms with Crippen LogP contribution in [0.2, 0.25) is 13.1 Å². The molecule has 6 aromatic rings. The van der Waals surface area contributed by atoms with Gasteiger partial charge in [0.05, 0.1) is 19.7 Å². The third-order valence-electron chi connectivity index (χ3n) is 8.03. The number of rotatable bonds is 4. The molecule has 0 amide bonds. The minimum absolute atomic E-state index is 0. The van der Waals surface area contributed by atoms with E-state index >= 15 is 0 Å². The summed E-state index contributed by atoms with van der Waals surface area (Å²) in [4.78, 5) is 13.5. The topological polar surface area (TPSA) is 48.5 Å². The van der Waals surface area contributed by atoms with Crippen molar-refractivity contribution in [2.24, 2.45) is 0 Å². The van der Waals surface area contributed by atoms with Gasteiger partial charge in [-0.1, -0.05) is 99.1 Å². The second-order valence-corrected chi connectivity index (χ2v) is 16.0. The molecule has 0 aliphatic carbocycles. The molecule has 1 aliphatic rings. The number of nitrogens with zero attached hydrogens (tertiary/aromatic N) is 5. The first-order chi connectivity index (χ1) is 19.8. The van der Waals surface area contributed by atoms with Crippen molar-refractivity contribution in [3.63, 3.8) is 0 Å². The molecule has 4 heterocycles. The van der Waals surface area contributed by atoms with Gasteiger partial charge in [-0.25, -0.2) is 0 Å². The number of benzene rings is 3. The summed E-state index contributed by atoms with van der Waals surface area (Å²) >= 11 is 0. The molecular weight excluding hydrogens is 711 g/mol.